The zero-order chi connectivity index (χ0) is 18.0. The number of aromatic nitrogens is 2. The van der Waals surface area contributed by atoms with Gasteiger partial charge in [0.25, 0.3) is 5.91 Å². The average molecular weight is 382 g/mol. The van der Waals surface area contributed by atoms with Crippen LogP contribution in [0.4, 0.5) is 0 Å². The second-order valence-electron chi connectivity index (χ2n) is 6.10. The van der Waals surface area contributed by atoms with Gasteiger partial charge in [-0.3, -0.25) is 9.59 Å². The number of halogens is 2. The van der Waals surface area contributed by atoms with Crippen LogP contribution in [0.2, 0.25) is 10.0 Å². The van der Waals surface area contributed by atoms with Gasteiger partial charge < -0.3 is 10.4 Å². The maximum atomic E-state index is 12.3. The molecule has 0 atom stereocenters. The van der Waals surface area contributed by atoms with E-state index in [1.165, 1.54) is 0 Å². The summed E-state index contributed by atoms with van der Waals surface area (Å²) in [5, 5.41) is 17.1. The largest absolute Gasteiger partial charge is 0.481 e. The average Bonchev–Trinajstić information content (AvgIpc) is 3.08. The van der Waals surface area contributed by atoms with Gasteiger partial charge in [0.2, 0.25) is 0 Å². The van der Waals surface area contributed by atoms with E-state index in [2.05, 4.69) is 10.4 Å². The molecule has 0 bridgehead atoms. The number of nitrogens with zero attached hydrogens (tertiary/aromatic N) is 2. The van der Waals surface area contributed by atoms with Crippen molar-refractivity contribution < 1.29 is 14.7 Å². The molecule has 2 N–H and O–H groups in total. The van der Waals surface area contributed by atoms with Gasteiger partial charge in [0.05, 0.1) is 21.7 Å². The van der Waals surface area contributed by atoms with Crippen molar-refractivity contribution in [3.05, 3.63) is 46.2 Å². The molecule has 1 aromatic heterocycles. The topological polar surface area (TPSA) is 84.2 Å². The molecule has 1 aliphatic rings. The molecule has 1 fully saturated rings. The van der Waals surface area contributed by atoms with E-state index in [9.17, 15) is 9.59 Å². The van der Waals surface area contributed by atoms with Gasteiger partial charge in [0.15, 0.2) is 5.69 Å². The number of benzene rings is 1. The zero-order valence-corrected chi connectivity index (χ0v) is 14.8. The SMILES string of the molecule is O=C(NC1CCC(C(=O)O)CC1)c1ccn(-c2ccc(Cl)c(Cl)c2)n1. The Bertz CT molecular complexity index is 798. The number of carbonyl (C=O) groups is 2. The summed E-state index contributed by atoms with van der Waals surface area (Å²) in [5.41, 5.74) is 1.00. The van der Waals surface area contributed by atoms with Gasteiger partial charge in [-0.05, 0) is 49.9 Å². The zero-order valence-electron chi connectivity index (χ0n) is 13.3. The number of nitrogens with one attached hydrogen (secondary N) is 1. The normalized spacial score (nSPS) is 20.2. The highest BCUT2D eigenvalue weighted by atomic mass is 35.5. The molecule has 0 radical (unpaired) electrons. The second-order valence-corrected chi connectivity index (χ2v) is 6.92. The summed E-state index contributed by atoms with van der Waals surface area (Å²) in [5.74, 6) is -1.33. The molecule has 1 saturated carbocycles. The summed E-state index contributed by atoms with van der Waals surface area (Å²) in [6.07, 6.45) is 4.16. The third-order valence-corrected chi connectivity index (χ3v) is 5.14. The van der Waals surface area contributed by atoms with Gasteiger partial charge in [-0.2, -0.15) is 5.10 Å². The number of amides is 1. The van der Waals surface area contributed by atoms with E-state index in [0.29, 0.717) is 47.1 Å². The number of rotatable bonds is 4. The molecule has 8 heteroatoms. The molecule has 1 aromatic carbocycles. The minimum absolute atomic E-state index is 0.0155. The third kappa shape index (κ3) is 4.14. The molecule has 6 nitrogen and oxygen atoms in total. The third-order valence-electron chi connectivity index (χ3n) is 4.40. The van der Waals surface area contributed by atoms with E-state index in [1.807, 2.05) is 0 Å². The van der Waals surface area contributed by atoms with Gasteiger partial charge in [-0.25, -0.2) is 4.68 Å². The van der Waals surface area contributed by atoms with Crippen molar-refractivity contribution in [3.8, 4) is 5.69 Å². The molecule has 1 amide bonds. The first-order valence-electron chi connectivity index (χ1n) is 7.99. The number of hydrogen-bond acceptors (Lipinski definition) is 3. The molecule has 2 aromatic rings. The Morgan fingerprint density at radius 2 is 1.84 bits per heavy atom. The van der Waals surface area contributed by atoms with Gasteiger partial charge in [0.1, 0.15) is 0 Å². The van der Waals surface area contributed by atoms with Crippen molar-refractivity contribution >= 4 is 35.1 Å². The molecular weight excluding hydrogens is 365 g/mol. The number of carboxylic acid groups (broad SMARTS) is 1. The summed E-state index contributed by atoms with van der Waals surface area (Å²) in [4.78, 5) is 23.3. The summed E-state index contributed by atoms with van der Waals surface area (Å²) in [7, 11) is 0. The molecule has 0 unspecified atom stereocenters. The van der Waals surface area contributed by atoms with Crippen LogP contribution >= 0.6 is 23.2 Å². The van der Waals surface area contributed by atoms with E-state index < -0.39 is 5.97 Å². The van der Waals surface area contributed by atoms with E-state index in [-0.39, 0.29) is 17.9 Å². The van der Waals surface area contributed by atoms with Crippen LogP contribution in [0.25, 0.3) is 5.69 Å². The Hall–Kier alpha value is -2.05. The lowest BCUT2D eigenvalue weighted by atomic mass is 9.86. The van der Waals surface area contributed by atoms with E-state index >= 15 is 0 Å². The number of carboxylic acids is 1. The fraction of sp³-hybridized carbons (Fsp3) is 0.353. The molecular formula is C17H17Cl2N3O3. The minimum atomic E-state index is -0.759. The first-order valence-corrected chi connectivity index (χ1v) is 8.74. The molecule has 0 aliphatic heterocycles. The maximum Gasteiger partial charge on any atom is 0.306 e. The Morgan fingerprint density at radius 1 is 1.12 bits per heavy atom. The number of carbonyl (C=O) groups excluding carboxylic acids is 1. The van der Waals surface area contributed by atoms with Crippen LogP contribution in [0, 0.1) is 5.92 Å². The van der Waals surface area contributed by atoms with Crippen molar-refractivity contribution in [2.75, 3.05) is 0 Å². The monoisotopic (exact) mass is 381 g/mol. The first-order chi connectivity index (χ1) is 11.9. The summed E-state index contributed by atoms with van der Waals surface area (Å²) in [6, 6.07) is 6.71. The molecule has 1 heterocycles. The van der Waals surface area contributed by atoms with Crippen LogP contribution in [-0.2, 0) is 4.79 Å². The molecule has 1 aliphatic carbocycles. The van der Waals surface area contributed by atoms with Crippen LogP contribution in [-0.4, -0.2) is 32.8 Å². The van der Waals surface area contributed by atoms with Crippen molar-refractivity contribution in [2.24, 2.45) is 5.92 Å². The molecule has 0 saturated heterocycles. The van der Waals surface area contributed by atoms with Crippen molar-refractivity contribution in [2.45, 2.75) is 31.7 Å². The lowest BCUT2D eigenvalue weighted by molar-refractivity contribution is -0.142. The Labute approximate surface area is 154 Å². The van der Waals surface area contributed by atoms with Crippen molar-refractivity contribution in [1.82, 2.24) is 15.1 Å². The standard InChI is InChI=1S/C17H17Cl2N3O3/c18-13-6-5-12(9-14(13)19)22-8-7-15(21-22)16(23)20-11-3-1-10(2-4-11)17(24)25/h5-11H,1-4H2,(H,20,23)(H,24,25). The van der Waals surface area contributed by atoms with Crippen molar-refractivity contribution in [3.63, 3.8) is 0 Å². The van der Waals surface area contributed by atoms with Gasteiger partial charge in [-0.15, -0.1) is 0 Å². The van der Waals surface area contributed by atoms with Crippen LogP contribution in [0.5, 0.6) is 0 Å². The highest BCUT2D eigenvalue weighted by Gasteiger charge is 2.27. The van der Waals surface area contributed by atoms with Gasteiger partial charge in [-0.1, -0.05) is 23.2 Å². The van der Waals surface area contributed by atoms with Crippen molar-refractivity contribution in [1.29, 1.82) is 0 Å². The summed E-state index contributed by atoms with van der Waals surface area (Å²) in [6.45, 7) is 0. The molecule has 25 heavy (non-hydrogen) atoms. The highest BCUT2D eigenvalue weighted by Crippen LogP contribution is 2.25. The summed E-state index contributed by atoms with van der Waals surface area (Å²) >= 11 is 11.9. The van der Waals surface area contributed by atoms with Crippen LogP contribution < -0.4 is 5.32 Å². The van der Waals surface area contributed by atoms with Crippen LogP contribution in [0.1, 0.15) is 36.2 Å². The van der Waals surface area contributed by atoms with E-state index in [0.717, 1.165) is 0 Å². The fourth-order valence-electron chi connectivity index (χ4n) is 2.96. The highest BCUT2D eigenvalue weighted by molar-refractivity contribution is 6.42. The Morgan fingerprint density at radius 3 is 2.48 bits per heavy atom. The first kappa shape index (κ1) is 17.8. The van der Waals surface area contributed by atoms with E-state index in [1.54, 1.807) is 35.1 Å². The Balaban J connectivity index is 1.63. The van der Waals surface area contributed by atoms with Gasteiger partial charge >= 0.3 is 5.97 Å². The smallest absolute Gasteiger partial charge is 0.306 e. The fourth-order valence-corrected chi connectivity index (χ4v) is 3.25. The lowest BCUT2D eigenvalue weighted by Gasteiger charge is -2.26. The molecule has 0 spiro atoms. The number of hydrogen-bond donors (Lipinski definition) is 2. The summed E-state index contributed by atoms with van der Waals surface area (Å²) < 4.78 is 1.55. The van der Waals surface area contributed by atoms with Crippen LogP contribution in [0.15, 0.2) is 30.5 Å². The second kappa shape index (κ2) is 7.45. The van der Waals surface area contributed by atoms with E-state index in [4.69, 9.17) is 28.3 Å². The Kier molecular flexibility index (Phi) is 5.30. The predicted octanol–water partition coefficient (Wildman–Crippen LogP) is 3.55. The van der Waals surface area contributed by atoms with Crippen LogP contribution in [0.3, 0.4) is 0 Å². The number of aliphatic carboxylic acids is 1. The molecule has 3 rings (SSSR count). The quantitative estimate of drug-likeness (QED) is 0.847. The maximum absolute atomic E-state index is 12.3. The lowest BCUT2D eigenvalue weighted by Crippen LogP contribution is -2.38. The molecule has 132 valence electrons. The predicted molar refractivity (Wildman–Crippen MR) is 94.4 cm³/mol. The van der Waals surface area contributed by atoms with Gasteiger partial charge in [0, 0.05) is 12.2 Å². The minimum Gasteiger partial charge on any atom is -0.481 e.